The van der Waals surface area contributed by atoms with E-state index < -0.39 is 0 Å². The zero-order valence-corrected chi connectivity index (χ0v) is 14.5. The molecule has 0 fully saturated rings. The summed E-state index contributed by atoms with van der Waals surface area (Å²) in [6, 6.07) is 7.25. The highest BCUT2D eigenvalue weighted by Crippen LogP contribution is 2.25. The number of rotatable bonds is 6. The van der Waals surface area contributed by atoms with Gasteiger partial charge in [-0.25, -0.2) is 4.98 Å². The average Bonchev–Trinajstić information content (AvgIpc) is 2.42. The lowest BCUT2D eigenvalue weighted by molar-refractivity contribution is 0.758. The summed E-state index contributed by atoms with van der Waals surface area (Å²) in [5.74, 6) is 1.44. The van der Waals surface area contributed by atoms with Crippen molar-refractivity contribution in [1.82, 2.24) is 9.97 Å². The van der Waals surface area contributed by atoms with E-state index in [9.17, 15) is 0 Å². The molecule has 0 atom stereocenters. The van der Waals surface area contributed by atoms with Crippen molar-refractivity contribution in [1.29, 1.82) is 0 Å². The molecular weight excluding hydrogens is 319 g/mol. The number of aryl methyl sites for hydroxylation is 1. The van der Waals surface area contributed by atoms with E-state index in [0.717, 1.165) is 36.6 Å². The first kappa shape index (κ1) is 16.8. The van der Waals surface area contributed by atoms with Crippen LogP contribution in [-0.4, -0.2) is 23.6 Å². The maximum absolute atomic E-state index is 6.01. The Hall–Kier alpha value is -1.52. The van der Waals surface area contributed by atoms with E-state index in [1.807, 2.05) is 20.0 Å². The minimum atomic E-state index is 0.539. The smallest absolute Gasteiger partial charge is 0.229 e. The fourth-order valence-corrected chi connectivity index (χ4v) is 2.59. The second-order valence-corrected chi connectivity index (χ2v) is 6.12. The van der Waals surface area contributed by atoms with Crippen molar-refractivity contribution < 1.29 is 0 Å². The highest BCUT2D eigenvalue weighted by atomic mass is 35.5. The number of nitrogens with one attached hydrogen (secondary N) is 1. The van der Waals surface area contributed by atoms with Crippen molar-refractivity contribution in [2.24, 2.45) is 0 Å². The molecule has 2 rings (SSSR count). The van der Waals surface area contributed by atoms with Crippen LogP contribution < -0.4 is 10.2 Å². The summed E-state index contributed by atoms with van der Waals surface area (Å²) in [5, 5.41) is 4.30. The molecule has 1 N–H and O–H groups in total. The Morgan fingerprint density at radius 1 is 1.09 bits per heavy atom. The predicted molar refractivity (Wildman–Crippen MR) is 94.7 cm³/mol. The molecule has 1 aromatic heterocycles. The summed E-state index contributed by atoms with van der Waals surface area (Å²) in [4.78, 5) is 11.1. The first-order valence-electron chi connectivity index (χ1n) is 7.28. The van der Waals surface area contributed by atoms with E-state index >= 15 is 0 Å². The zero-order valence-electron chi connectivity index (χ0n) is 13.0. The van der Waals surface area contributed by atoms with Crippen LogP contribution in [0.3, 0.4) is 0 Å². The minimum Gasteiger partial charge on any atom is -0.360 e. The van der Waals surface area contributed by atoms with Crippen molar-refractivity contribution in [2.45, 2.75) is 26.7 Å². The van der Waals surface area contributed by atoms with Crippen LogP contribution in [-0.2, 0) is 0 Å². The van der Waals surface area contributed by atoms with Crippen LogP contribution in [0.2, 0.25) is 10.0 Å². The quantitative estimate of drug-likeness (QED) is 0.798. The number of benzene rings is 1. The number of nitrogens with zero attached hydrogens (tertiary/aromatic N) is 3. The van der Waals surface area contributed by atoms with Crippen LogP contribution in [0.4, 0.5) is 17.5 Å². The SMILES string of the molecule is CCCCN(C)c1cc(C)nc(Nc2cc(Cl)cc(Cl)c2)n1. The normalized spacial score (nSPS) is 10.6. The molecule has 0 radical (unpaired) electrons. The second-order valence-electron chi connectivity index (χ2n) is 5.25. The molecule has 4 nitrogen and oxygen atoms in total. The summed E-state index contributed by atoms with van der Waals surface area (Å²) in [7, 11) is 2.04. The molecule has 22 heavy (non-hydrogen) atoms. The Bertz CT molecular complexity index is 626. The molecule has 0 saturated heterocycles. The van der Waals surface area contributed by atoms with Crippen LogP contribution in [0.1, 0.15) is 25.5 Å². The van der Waals surface area contributed by atoms with Gasteiger partial charge < -0.3 is 10.2 Å². The molecule has 0 aliphatic rings. The first-order chi connectivity index (χ1) is 10.5. The third kappa shape index (κ3) is 4.75. The predicted octanol–water partition coefficient (Wildman–Crippen LogP) is 5.07. The van der Waals surface area contributed by atoms with Crippen LogP contribution in [0, 0.1) is 6.92 Å². The van der Waals surface area contributed by atoms with E-state index in [2.05, 4.69) is 27.1 Å². The maximum Gasteiger partial charge on any atom is 0.229 e. The van der Waals surface area contributed by atoms with Gasteiger partial charge in [-0.15, -0.1) is 0 Å². The van der Waals surface area contributed by atoms with Crippen molar-refractivity contribution in [3.8, 4) is 0 Å². The molecule has 2 aromatic rings. The summed E-state index contributed by atoms with van der Waals surface area (Å²) in [6.07, 6.45) is 2.28. The Balaban J connectivity index is 2.22. The molecular formula is C16H20Cl2N4. The van der Waals surface area contributed by atoms with Gasteiger partial charge in [0.15, 0.2) is 0 Å². The Morgan fingerprint density at radius 2 is 1.77 bits per heavy atom. The molecule has 0 amide bonds. The van der Waals surface area contributed by atoms with Gasteiger partial charge in [-0.3, -0.25) is 0 Å². The Morgan fingerprint density at radius 3 is 2.41 bits per heavy atom. The molecule has 0 aliphatic carbocycles. The van der Waals surface area contributed by atoms with Gasteiger partial charge >= 0.3 is 0 Å². The molecule has 6 heteroatoms. The lowest BCUT2D eigenvalue weighted by Crippen LogP contribution is -2.20. The Kier molecular flexibility index (Phi) is 5.86. The third-order valence-corrected chi connectivity index (χ3v) is 3.63. The molecule has 0 spiro atoms. The fraction of sp³-hybridized carbons (Fsp3) is 0.375. The number of anilines is 3. The maximum atomic E-state index is 6.01. The van der Waals surface area contributed by atoms with Gasteiger partial charge in [-0.2, -0.15) is 4.98 Å². The summed E-state index contributed by atoms with van der Waals surface area (Å²) in [5.41, 5.74) is 1.68. The molecule has 0 unspecified atom stereocenters. The lowest BCUT2D eigenvalue weighted by Gasteiger charge is -2.19. The number of aromatic nitrogens is 2. The summed E-state index contributed by atoms with van der Waals surface area (Å²) >= 11 is 12.0. The number of unbranched alkanes of at least 4 members (excludes halogenated alkanes) is 1. The van der Waals surface area contributed by atoms with Gasteiger partial charge in [0.05, 0.1) is 0 Å². The number of halogens is 2. The standard InChI is InChI=1S/C16H20Cl2N4/c1-4-5-6-22(3)15-7-11(2)19-16(21-15)20-14-9-12(17)8-13(18)10-14/h7-10H,4-6H2,1-3H3,(H,19,20,21). The topological polar surface area (TPSA) is 41.1 Å². The number of hydrogen-bond acceptors (Lipinski definition) is 4. The van der Waals surface area contributed by atoms with Crippen molar-refractivity contribution in [3.05, 3.63) is 40.0 Å². The van der Waals surface area contributed by atoms with Crippen LogP contribution in [0.5, 0.6) is 0 Å². The molecule has 1 heterocycles. The van der Waals surface area contributed by atoms with Crippen molar-refractivity contribution in [3.63, 3.8) is 0 Å². The molecule has 0 aliphatic heterocycles. The molecule has 118 valence electrons. The highest BCUT2D eigenvalue weighted by Gasteiger charge is 2.07. The first-order valence-corrected chi connectivity index (χ1v) is 8.03. The van der Waals surface area contributed by atoms with Gasteiger partial charge in [0.25, 0.3) is 0 Å². The van der Waals surface area contributed by atoms with Crippen LogP contribution in [0.15, 0.2) is 24.3 Å². The van der Waals surface area contributed by atoms with E-state index in [0.29, 0.717) is 16.0 Å². The molecule has 0 saturated carbocycles. The number of hydrogen-bond donors (Lipinski definition) is 1. The van der Waals surface area contributed by atoms with Gasteiger partial charge in [0.1, 0.15) is 5.82 Å². The van der Waals surface area contributed by atoms with Crippen LogP contribution in [0.25, 0.3) is 0 Å². The third-order valence-electron chi connectivity index (χ3n) is 3.20. The highest BCUT2D eigenvalue weighted by molar-refractivity contribution is 6.35. The molecule has 1 aromatic carbocycles. The summed E-state index contributed by atoms with van der Waals surface area (Å²) in [6.45, 7) is 5.10. The van der Waals surface area contributed by atoms with Crippen LogP contribution >= 0.6 is 23.2 Å². The fourth-order valence-electron chi connectivity index (χ4n) is 2.07. The van der Waals surface area contributed by atoms with E-state index in [1.165, 1.54) is 0 Å². The van der Waals surface area contributed by atoms with Gasteiger partial charge in [0.2, 0.25) is 5.95 Å². The van der Waals surface area contributed by atoms with Gasteiger partial charge in [-0.1, -0.05) is 36.5 Å². The average molecular weight is 339 g/mol. The van der Waals surface area contributed by atoms with E-state index in [4.69, 9.17) is 23.2 Å². The molecule has 0 bridgehead atoms. The van der Waals surface area contributed by atoms with Gasteiger partial charge in [-0.05, 0) is 31.5 Å². The lowest BCUT2D eigenvalue weighted by atomic mass is 10.3. The van der Waals surface area contributed by atoms with E-state index in [-0.39, 0.29) is 0 Å². The Labute approximate surface area is 141 Å². The monoisotopic (exact) mass is 338 g/mol. The largest absolute Gasteiger partial charge is 0.360 e. The second kappa shape index (κ2) is 7.65. The zero-order chi connectivity index (χ0) is 16.1. The van der Waals surface area contributed by atoms with Crippen molar-refractivity contribution >= 4 is 40.7 Å². The van der Waals surface area contributed by atoms with E-state index in [1.54, 1.807) is 18.2 Å². The van der Waals surface area contributed by atoms with Gasteiger partial charge in [0, 0.05) is 41.1 Å². The summed E-state index contributed by atoms with van der Waals surface area (Å²) < 4.78 is 0. The van der Waals surface area contributed by atoms with Crippen molar-refractivity contribution in [2.75, 3.05) is 23.8 Å². The minimum absolute atomic E-state index is 0.539.